The lowest BCUT2D eigenvalue weighted by Crippen LogP contribution is -2.50. The third-order valence-electron chi connectivity index (χ3n) is 3.98. The van der Waals surface area contributed by atoms with Gasteiger partial charge in [0.15, 0.2) is 0 Å². The molecule has 1 atom stereocenters. The Kier molecular flexibility index (Phi) is 8.67. The SMILES string of the molecule is N#CCNC(=O)CNC(=O)[C@H](Cc1ccccc1)NC(=O)Cc1cccc(Cl)c1. The Morgan fingerprint density at radius 1 is 0.966 bits per heavy atom. The van der Waals surface area contributed by atoms with Crippen LogP contribution in [0.4, 0.5) is 0 Å². The van der Waals surface area contributed by atoms with E-state index >= 15 is 0 Å². The number of nitrogens with one attached hydrogen (secondary N) is 3. The van der Waals surface area contributed by atoms with Crippen molar-refractivity contribution < 1.29 is 14.4 Å². The monoisotopic (exact) mass is 412 g/mol. The van der Waals surface area contributed by atoms with E-state index in [1.165, 1.54) is 0 Å². The number of hydrogen-bond acceptors (Lipinski definition) is 4. The van der Waals surface area contributed by atoms with Gasteiger partial charge in [0.05, 0.1) is 19.0 Å². The van der Waals surface area contributed by atoms with Gasteiger partial charge in [-0.3, -0.25) is 14.4 Å². The fraction of sp³-hybridized carbons (Fsp3) is 0.238. The average Bonchev–Trinajstić information content (AvgIpc) is 2.70. The topological polar surface area (TPSA) is 111 Å². The summed E-state index contributed by atoms with van der Waals surface area (Å²) < 4.78 is 0. The Morgan fingerprint density at radius 3 is 2.38 bits per heavy atom. The van der Waals surface area contributed by atoms with E-state index in [4.69, 9.17) is 16.9 Å². The smallest absolute Gasteiger partial charge is 0.243 e. The molecule has 0 aliphatic heterocycles. The highest BCUT2D eigenvalue weighted by atomic mass is 35.5. The predicted molar refractivity (Wildman–Crippen MR) is 109 cm³/mol. The van der Waals surface area contributed by atoms with Crippen LogP contribution in [-0.4, -0.2) is 36.9 Å². The molecule has 0 aliphatic carbocycles. The molecule has 0 spiro atoms. The summed E-state index contributed by atoms with van der Waals surface area (Å²) in [6.45, 7) is -0.422. The molecule has 0 saturated carbocycles. The van der Waals surface area contributed by atoms with E-state index in [0.717, 1.165) is 11.1 Å². The van der Waals surface area contributed by atoms with Gasteiger partial charge in [0.2, 0.25) is 17.7 Å². The molecule has 0 heterocycles. The zero-order valence-electron chi connectivity index (χ0n) is 15.7. The first-order valence-corrected chi connectivity index (χ1v) is 9.35. The van der Waals surface area contributed by atoms with Crippen LogP contribution >= 0.6 is 11.6 Å². The van der Waals surface area contributed by atoms with Gasteiger partial charge in [-0.15, -0.1) is 0 Å². The normalized spacial score (nSPS) is 11.0. The van der Waals surface area contributed by atoms with E-state index in [9.17, 15) is 14.4 Å². The van der Waals surface area contributed by atoms with Gasteiger partial charge in [-0.1, -0.05) is 54.1 Å². The molecule has 0 radical (unpaired) electrons. The number of amides is 3. The first-order chi connectivity index (χ1) is 14.0. The first-order valence-electron chi connectivity index (χ1n) is 8.97. The van der Waals surface area contributed by atoms with Gasteiger partial charge in [-0.25, -0.2) is 0 Å². The second-order valence-electron chi connectivity index (χ2n) is 6.27. The molecule has 0 unspecified atom stereocenters. The van der Waals surface area contributed by atoms with E-state index in [1.54, 1.807) is 30.3 Å². The van der Waals surface area contributed by atoms with Crippen LogP contribution in [0.5, 0.6) is 0 Å². The molecule has 2 rings (SSSR count). The fourth-order valence-electron chi connectivity index (χ4n) is 2.63. The maximum atomic E-state index is 12.6. The highest BCUT2D eigenvalue weighted by Gasteiger charge is 2.22. The Morgan fingerprint density at radius 2 is 1.69 bits per heavy atom. The minimum absolute atomic E-state index is 0.0712. The number of carbonyl (C=O) groups excluding carboxylic acids is 3. The van der Waals surface area contributed by atoms with Crippen LogP contribution in [0.15, 0.2) is 54.6 Å². The van der Waals surface area contributed by atoms with Crippen molar-refractivity contribution in [2.45, 2.75) is 18.9 Å². The van der Waals surface area contributed by atoms with E-state index in [2.05, 4.69) is 16.0 Å². The van der Waals surface area contributed by atoms with Crippen LogP contribution in [0.2, 0.25) is 5.02 Å². The van der Waals surface area contributed by atoms with Crippen molar-refractivity contribution in [3.63, 3.8) is 0 Å². The van der Waals surface area contributed by atoms with Crippen molar-refractivity contribution in [1.82, 2.24) is 16.0 Å². The van der Waals surface area contributed by atoms with E-state index in [-0.39, 0.29) is 31.8 Å². The lowest BCUT2D eigenvalue weighted by Gasteiger charge is -2.19. The van der Waals surface area contributed by atoms with E-state index in [1.807, 2.05) is 30.3 Å². The summed E-state index contributed by atoms with van der Waals surface area (Å²) in [4.78, 5) is 36.6. The van der Waals surface area contributed by atoms with Crippen LogP contribution in [-0.2, 0) is 27.2 Å². The maximum absolute atomic E-state index is 12.6. The number of hydrogen-bond donors (Lipinski definition) is 3. The molecule has 7 nitrogen and oxygen atoms in total. The minimum atomic E-state index is -0.854. The van der Waals surface area contributed by atoms with Crippen molar-refractivity contribution in [2.24, 2.45) is 0 Å². The molecule has 0 aromatic heterocycles. The summed E-state index contributed by atoms with van der Waals surface area (Å²) in [6, 6.07) is 17.1. The van der Waals surface area contributed by atoms with Crippen molar-refractivity contribution in [3.8, 4) is 6.07 Å². The minimum Gasteiger partial charge on any atom is -0.345 e. The molecule has 3 amide bonds. The van der Waals surface area contributed by atoms with Crippen LogP contribution in [0.25, 0.3) is 0 Å². The van der Waals surface area contributed by atoms with Crippen molar-refractivity contribution in [3.05, 3.63) is 70.7 Å². The number of halogens is 1. The standard InChI is InChI=1S/C21H21ClN4O3/c22-17-8-4-7-16(11-17)13-19(27)26-18(12-15-5-2-1-3-6-15)21(29)25-14-20(28)24-10-9-23/h1-8,11,18H,10,12-14H2,(H,24,28)(H,25,29)(H,26,27)/t18-/m0/s1. The largest absolute Gasteiger partial charge is 0.345 e. The van der Waals surface area contributed by atoms with Crippen LogP contribution in [0.3, 0.4) is 0 Å². The molecule has 2 aromatic rings. The van der Waals surface area contributed by atoms with Gasteiger partial charge in [-0.05, 0) is 23.3 Å². The summed E-state index contributed by atoms with van der Waals surface area (Å²) in [5, 5.41) is 16.6. The number of benzene rings is 2. The van der Waals surface area contributed by atoms with Gasteiger partial charge in [-0.2, -0.15) is 5.26 Å². The number of carbonyl (C=O) groups is 3. The predicted octanol–water partition coefficient (Wildman–Crippen LogP) is 1.37. The Balaban J connectivity index is 2.01. The number of rotatable bonds is 9. The van der Waals surface area contributed by atoms with Crippen LogP contribution in [0.1, 0.15) is 11.1 Å². The van der Waals surface area contributed by atoms with Crippen molar-refractivity contribution in [2.75, 3.05) is 13.1 Å². The summed E-state index contributed by atoms with van der Waals surface area (Å²) in [6.07, 6.45) is 0.343. The van der Waals surface area contributed by atoms with Crippen molar-refractivity contribution in [1.29, 1.82) is 5.26 Å². The summed E-state index contributed by atoms with van der Waals surface area (Å²) >= 11 is 5.95. The quantitative estimate of drug-likeness (QED) is 0.540. The van der Waals surface area contributed by atoms with Gasteiger partial charge in [0, 0.05) is 11.4 Å². The lowest BCUT2D eigenvalue weighted by atomic mass is 10.0. The highest BCUT2D eigenvalue weighted by Crippen LogP contribution is 2.11. The van der Waals surface area contributed by atoms with E-state index in [0.29, 0.717) is 5.02 Å². The van der Waals surface area contributed by atoms with Crippen molar-refractivity contribution >= 4 is 29.3 Å². The Bertz CT molecular complexity index is 896. The average molecular weight is 413 g/mol. The Labute approximate surface area is 174 Å². The highest BCUT2D eigenvalue weighted by molar-refractivity contribution is 6.30. The molecule has 0 aliphatic rings. The molecule has 29 heavy (non-hydrogen) atoms. The summed E-state index contributed by atoms with van der Waals surface area (Å²) in [7, 11) is 0. The van der Waals surface area contributed by atoms with Crippen LogP contribution < -0.4 is 16.0 Å². The molecule has 150 valence electrons. The third-order valence-corrected chi connectivity index (χ3v) is 4.21. The number of nitrogens with zero attached hydrogens (tertiary/aromatic N) is 1. The summed E-state index contributed by atoms with van der Waals surface area (Å²) in [5.74, 6) is -1.30. The molecule has 2 aromatic carbocycles. The van der Waals surface area contributed by atoms with E-state index < -0.39 is 17.9 Å². The lowest BCUT2D eigenvalue weighted by molar-refractivity contribution is -0.130. The summed E-state index contributed by atoms with van der Waals surface area (Å²) in [5.41, 5.74) is 1.59. The zero-order chi connectivity index (χ0) is 21.1. The molecular weight excluding hydrogens is 392 g/mol. The Hall–Kier alpha value is -3.37. The molecule has 0 bridgehead atoms. The first kappa shape index (κ1) is 21.9. The number of nitriles is 1. The second-order valence-corrected chi connectivity index (χ2v) is 6.71. The molecule has 0 saturated heterocycles. The third kappa shape index (κ3) is 8.03. The molecule has 3 N–H and O–H groups in total. The van der Waals surface area contributed by atoms with Gasteiger partial charge in [0.1, 0.15) is 12.6 Å². The molecule has 0 fully saturated rings. The molecular formula is C21H21ClN4O3. The van der Waals surface area contributed by atoms with Gasteiger partial charge >= 0.3 is 0 Å². The van der Waals surface area contributed by atoms with Crippen LogP contribution in [0, 0.1) is 11.3 Å². The second kappa shape index (κ2) is 11.5. The van der Waals surface area contributed by atoms with Gasteiger partial charge < -0.3 is 16.0 Å². The zero-order valence-corrected chi connectivity index (χ0v) is 16.4. The maximum Gasteiger partial charge on any atom is 0.243 e. The molecule has 8 heteroatoms. The van der Waals surface area contributed by atoms with Gasteiger partial charge in [0.25, 0.3) is 0 Å². The fourth-order valence-corrected chi connectivity index (χ4v) is 2.84.